The molecule has 2 N–H and O–H groups in total. The molecule has 2 heterocycles. The third-order valence-electron chi connectivity index (χ3n) is 5.51. The molecule has 4 rings (SSSR count). The number of aromatic nitrogens is 2. The lowest BCUT2D eigenvalue weighted by Gasteiger charge is -2.37. The lowest BCUT2D eigenvalue weighted by molar-refractivity contribution is -0.116. The van der Waals surface area contributed by atoms with E-state index in [2.05, 4.69) is 30.5 Å². The van der Waals surface area contributed by atoms with Gasteiger partial charge >= 0.3 is 0 Å². The van der Waals surface area contributed by atoms with Gasteiger partial charge in [0.2, 0.25) is 5.91 Å². The molecule has 1 amide bonds. The summed E-state index contributed by atoms with van der Waals surface area (Å²) in [5.74, 6) is 0.490. The smallest absolute Gasteiger partial charge is 0.246 e. The third kappa shape index (κ3) is 6.92. The van der Waals surface area contributed by atoms with Crippen molar-refractivity contribution in [3.8, 4) is 0 Å². The van der Waals surface area contributed by atoms with Crippen LogP contribution in [0.2, 0.25) is 0 Å². The van der Waals surface area contributed by atoms with Crippen molar-refractivity contribution in [3.05, 3.63) is 78.4 Å². The van der Waals surface area contributed by atoms with Gasteiger partial charge in [0.1, 0.15) is 12.4 Å². The van der Waals surface area contributed by atoms with Gasteiger partial charge in [-0.25, -0.2) is 4.39 Å². The number of piperazine rings is 1. The molecule has 0 saturated carbocycles. The van der Waals surface area contributed by atoms with E-state index in [0.29, 0.717) is 6.54 Å². The number of carbonyl (C=O) groups is 1. The Hall–Kier alpha value is -3.15. The average molecular weight is 577 g/mol. The quantitative estimate of drug-likeness (QED) is 0.268. The molecule has 0 radical (unpaired) electrons. The second kappa shape index (κ2) is 12.4. The summed E-state index contributed by atoms with van der Waals surface area (Å²) < 4.78 is 14.8. The van der Waals surface area contributed by atoms with Gasteiger partial charge in [-0.2, -0.15) is 5.10 Å². The summed E-state index contributed by atoms with van der Waals surface area (Å²) in [5.41, 5.74) is 2.82. The average Bonchev–Trinajstić information content (AvgIpc) is 3.33. The Bertz CT molecular complexity index is 1080. The Morgan fingerprint density at radius 3 is 2.53 bits per heavy atom. The number of anilines is 2. The maximum atomic E-state index is 13.2. The van der Waals surface area contributed by atoms with Crippen LogP contribution < -0.4 is 15.5 Å². The minimum absolute atomic E-state index is 0. The van der Waals surface area contributed by atoms with Gasteiger partial charge < -0.3 is 20.4 Å². The van der Waals surface area contributed by atoms with Crippen LogP contribution in [0.15, 0.2) is 72.0 Å². The van der Waals surface area contributed by atoms with E-state index >= 15 is 0 Å². The molecule has 1 aromatic heterocycles. The molecule has 180 valence electrons. The van der Waals surface area contributed by atoms with Crippen molar-refractivity contribution < 1.29 is 9.18 Å². The number of rotatable bonds is 6. The van der Waals surface area contributed by atoms with E-state index in [1.54, 1.807) is 30.2 Å². The number of amides is 1. The summed E-state index contributed by atoms with van der Waals surface area (Å²) in [6.07, 6.45) is 3.40. The fraction of sp³-hybridized carbons (Fsp3) is 0.292. The highest BCUT2D eigenvalue weighted by molar-refractivity contribution is 14.0. The molecule has 1 aliphatic rings. The molecule has 10 heteroatoms. The van der Waals surface area contributed by atoms with Gasteiger partial charge in [0.05, 0.1) is 0 Å². The van der Waals surface area contributed by atoms with E-state index in [0.717, 1.165) is 49.1 Å². The van der Waals surface area contributed by atoms with E-state index in [9.17, 15) is 9.18 Å². The number of benzene rings is 2. The summed E-state index contributed by atoms with van der Waals surface area (Å²) in [5, 5.41) is 10.4. The number of aliphatic imine (C=N–C) groups is 1. The summed E-state index contributed by atoms with van der Waals surface area (Å²) >= 11 is 0. The Kier molecular flexibility index (Phi) is 9.25. The second-order valence-electron chi connectivity index (χ2n) is 7.80. The van der Waals surface area contributed by atoms with Crippen molar-refractivity contribution in [2.24, 2.45) is 4.99 Å². The first-order chi connectivity index (χ1) is 16.1. The summed E-state index contributed by atoms with van der Waals surface area (Å²) in [7, 11) is 1.78. The molecular weight excluding hydrogens is 548 g/mol. The zero-order valence-corrected chi connectivity index (χ0v) is 21.4. The first kappa shape index (κ1) is 25.5. The van der Waals surface area contributed by atoms with Crippen LogP contribution in [0.3, 0.4) is 0 Å². The van der Waals surface area contributed by atoms with E-state index < -0.39 is 0 Å². The number of nitrogens with zero attached hydrogens (tertiary/aromatic N) is 5. The number of nitrogens with one attached hydrogen (secondary N) is 2. The minimum Gasteiger partial charge on any atom is -0.368 e. The fourth-order valence-corrected chi connectivity index (χ4v) is 3.84. The van der Waals surface area contributed by atoms with E-state index in [1.807, 2.05) is 36.4 Å². The SMILES string of the molecule is CN=C(NCc1cccc(NC(=O)Cn2cccn2)c1)N1CCN(c2ccc(F)cc2)CC1.I. The van der Waals surface area contributed by atoms with Gasteiger partial charge in [0, 0.05) is 63.5 Å². The monoisotopic (exact) mass is 577 g/mol. The predicted octanol–water partition coefficient (Wildman–Crippen LogP) is 3.18. The van der Waals surface area contributed by atoms with Crippen LogP contribution in [0.5, 0.6) is 0 Å². The highest BCUT2D eigenvalue weighted by atomic mass is 127. The zero-order chi connectivity index (χ0) is 23.0. The molecular formula is C24H29FIN7O. The molecule has 34 heavy (non-hydrogen) atoms. The molecule has 0 spiro atoms. The van der Waals surface area contributed by atoms with Crippen molar-refractivity contribution in [1.29, 1.82) is 0 Å². The lowest BCUT2D eigenvalue weighted by atomic mass is 10.2. The highest BCUT2D eigenvalue weighted by Gasteiger charge is 2.19. The normalized spacial score (nSPS) is 13.9. The standard InChI is InChI=1S/C24H28FN7O.HI/c1-26-24(31-14-12-30(13-15-31)22-8-6-20(25)7-9-22)27-17-19-4-2-5-21(16-19)29-23(33)18-32-11-3-10-28-32;/h2-11,16H,12-15,17-18H2,1H3,(H,26,27)(H,29,33);1H. The van der Waals surface area contributed by atoms with Crippen LogP contribution in [-0.2, 0) is 17.9 Å². The Morgan fingerprint density at radius 1 is 1.09 bits per heavy atom. The van der Waals surface area contributed by atoms with E-state index in [4.69, 9.17) is 0 Å². The molecule has 0 unspecified atom stereocenters. The molecule has 8 nitrogen and oxygen atoms in total. The van der Waals surface area contributed by atoms with Gasteiger partial charge in [0.15, 0.2) is 5.96 Å². The zero-order valence-electron chi connectivity index (χ0n) is 19.0. The number of halogens is 2. The molecule has 0 aliphatic carbocycles. The first-order valence-electron chi connectivity index (χ1n) is 10.9. The summed E-state index contributed by atoms with van der Waals surface area (Å²) in [6, 6.07) is 16.2. The topological polar surface area (TPSA) is 77.8 Å². The molecule has 1 fully saturated rings. The summed E-state index contributed by atoms with van der Waals surface area (Å²) in [4.78, 5) is 21.1. The Labute approximate surface area is 215 Å². The lowest BCUT2D eigenvalue weighted by Crippen LogP contribution is -2.52. The van der Waals surface area contributed by atoms with Crippen LogP contribution in [0.4, 0.5) is 15.8 Å². The van der Waals surface area contributed by atoms with Crippen LogP contribution in [0, 0.1) is 5.82 Å². The van der Waals surface area contributed by atoms with Crippen molar-refractivity contribution >= 4 is 47.2 Å². The largest absolute Gasteiger partial charge is 0.368 e. The van der Waals surface area contributed by atoms with Crippen LogP contribution >= 0.6 is 24.0 Å². The van der Waals surface area contributed by atoms with Crippen LogP contribution in [-0.4, -0.2) is 59.8 Å². The maximum Gasteiger partial charge on any atom is 0.246 e. The van der Waals surface area contributed by atoms with Gasteiger partial charge in [-0.15, -0.1) is 24.0 Å². The molecule has 2 aromatic carbocycles. The highest BCUT2D eigenvalue weighted by Crippen LogP contribution is 2.17. The van der Waals surface area contributed by atoms with Crippen molar-refractivity contribution in [3.63, 3.8) is 0 Å². The molecule has 1 aliphatic heterocycles. The molecule has 0 atom stereocenters. The number of guanidine groups is 1. The van der Waals surface area contributed by atoms with Gasteiger partial charge in [-0.3, -0.25) is 14.5 Å². The fourth-order valence-electron chi connectivity index (χ4n) is 3.84. The Balaban J connectivity index is 0.00000324. The summed E-state index contributed by atoms with van der Waals surface area (Å²) in [6.45, 7) is 4.08. The Morgan fingerprint density at radius 2 is 1.85 bits per heavy atom. The van der Waals surface area contributed by atoms with Crippen molar-refractivity contribution in [2.75, 3.05) is 43.4 Å². The number of hydrogen-bond acceptors (Lipinski definition) is 4. The van der Waals surface area contributed by atoms with Crippen molar-refractivity contribution in [2.45, 2.75) is 13.1 Å². The van der Waals surface area contributed by atoms with E-state index in [-0.39, 0.29) is 42.2 Å². The number of hydrogen-bond donors (Lipinski definition) is 2. The molecule has 0 bridgehead atoms. The van der Waals surface area contributed by atoms with Crippen LogP contribution in [0.25, 0.3) is 0 Å². The first-order valence-corrected chi connectivity index (χ1v) is 10.9. The van der Waals surface area contributed by atoms with Gasteiger partial charge in [-0.1, -0.05) is 12.1 Å². The molecule has 3 aromatic rings. The maximum absolute atomic E-state index is 13.2. The predicted molar refractivity (Wildman–Crippen MR) is 143 cm³/mol. The minimum atomic E-state index is -0.219. The second-order valence-corrected chi connectivity index (χ2v) is 7.80. The number of carbonyl (C=O) groups excluding carboxylic acids is 1. The van der Waals surface area contributed by atoms with Gasteiger partial charge in [-0.05, 0) is 48.0 Å². The van der Waals surface area contributed by atoms with Crippen molar-refractivity contribution in [1.82, 2.24) is 20.0 Å². The van der Waals surface area contributed by atoms with E-state index in [1.165, 1.54) is 12.1 Å². The third-order valence-corrected chi connectivity index (χ3v) is 5.51. The van der Waals surface area contributed by atoms with Gasteiger partial charge in [0.25, 0.3) is 0 Å². The molecule has 1 saturated heterocycles. The van der Waals surface area contributed by atoms with Crippen LogP contribution in [0.1, 0.15) is 5.56 Å².